The van der Waals surface area contributed by atoms with Gasteiger partial charge >= 0.3 is 0 Å². The van der Waals surface area contributed by atoms with Crippen LogP contribution in [-0.2, 0) is 13.1 Å². The van der Waals surface area contributed by atoms with Gasteiger partial charge in [0, 0.05) is 25.2 Å². The normalized spacial score (nSPS) is 16.4. The lowest BCUT2D eigenvalue weighted by atomic mass is 10.1. The van der Waals surface area contributed by atoms with Gasteiger partial charge in [-0.1, -0.05) is 55.0 Å². The van der Waals surface area contributed by atoms with Crippen LogP contribution in [0.5, 0.6) is 5.75 Å². The second-order valence-corrected chi connectivity index (χ2v) is 7.59. The van der Waals surface area contributed by atoms with E-state index >= 15 is 0 Å². The van der Waals surface area contributed by atoms with Crippen LogP contribution < -0.4 is 4.74 Å². The molecule has 3 rings (SSSR count). The van der Waals surface area contributed by atoms with Crippen LogP contribution in [0.25, 0.3) is 0 Å². The maximum absolute atomic E-state index is 10.4. The minimum absolute atomic E-state index is 0.343. The van der Waals surface area contributed by atoms with E-state index < -0.39 is 6.10 Å². The molecule has 0 radical (unpaired) electrons. The number of piperidine rings is 1. The van der Waals surface area contributed by atoms with Gasteiger partial charge in [-0.15, -0.1) is 0 Å². The molecule has 27 heavy (non-hydrogen) atoms. The molecule has 4 heteroatoms. The molecule has 0 aromatic heterocycles. The van der Waals surface area contributed by atoms with E-state index in [0.717, 1.165) is 37.5 Å². The zero-order chi connectivity index (χ0) is 18.9. The largest absolute Gasteiger partial charge is 0.491 e. The number of β-amino-alcohol motifs (C(OH)–C–C–N with tert-alkyl or cyclic N) is 1. The first-order valence-electron chi connectivity index (χ1n) is 10.0. The highest BCUT2D eigenvalue weighted by molar-refractivity contribution is 5.33. The molecule has 1 N–H and O–H groups in total. The molecule has 1 heterocycles. The fourth-order valence-corrected chi connectivity index (χ4v) is 3.70. The summed E-state index contributed by atoms with van der Waals surface area (Å²) in [5, 5.41) is 10.4. The number of para-hydroxylation sites is 1. The van der Waals surface area contributed by atoms with Gasteiger partial charge < -0.3 is 14.7 Å². The van der Waals surface area contributed by atoms with E-state index in [1.165, 1.54) is 24.8 Å². The molecule has 1 fully saturated rings. The third-order valence-electron chi connectivity index (χ3n) is 5.06. The molecule has 0 saturated carbocycles. The lowest BCUT2D eigenvalue weighted by Gasteiger charge is -2.28. The lowest BCUT2D eigenvalue weighted by Crippen LogP contribution is -2.38. The van der Waals surface area contributed by atoms with Gasteiger partial charge in [0.25, 0.3) is 0 Å². The second-order valence-electron chi connectivity index (χ2n) is 7.59. The van der Waals surface area contributed by atoms with E-state index in [0.29, 0.717) is 13.2 Å². The Morgan fingerprint density at radius 1 is 0.963 bits per heavy atom. The minimum atomic E-state index is -0.446. The number of ether oxygens (including phenoxy) is 1. The molecule has 1 atom stereocenters. The van der Waals surface area contributed by atoms with Crippen LogP contribution in [0.15, 0.2) is 54.6 Å². The molecule has 0 unspecified atom stereocenters. The SMILES string of the molecule is CN(Cc1ccccc1)Cc1ccccc1OC[C@@H](O)CN1CCCCC1. The summed E-state index contributed by atoms with van der Waals surface area (Å²) in [6, 6.07) is 18.6. The molecule has 4 nitrogen and oxygen atoms in total. The average molecular weight is 369 g/mol. The van der Waals surface area contributed by atoms with Crippen molar-refractivity contribution in [1.29, 1.82) is 0 Å². The zero-order valence-electron chi connectivity index (χ0n) is 16.4. The molecule has 1 aliphatic heterocycles. The standard InChI is InChI=1S/C23H32N2O2/c1-24(16-20-10-4-2-5-11-20)17-21-12-6-7-13-23(21)27-19-22(26)18-25-14-8-3-9-15-25/h2,4-7,10-13,22,26H,3,8-9,14-19H2,1H3/t22-/m0/s1. The Bertz CT molecular complexity index is 671. The molecule has 2 aromatic carbocycles. The van der Waals surface area contributed by atoms with Crippen molar-refractivity contribution in [2.75, 3.05) is 33.3 Å². The number of aliphatic hydroxyl groups excluding tert-OH is 1. The Hall–Kier alpha value is -1.88. The predicted molar refractivity (Wildman–Crippen MR) is 110 cm³/mol. The number of benzene rings is 2. The Morgan fingerprint density at radius 2 is 1.67 bits per heavy atom. The predicted octanol–water partition coefficient (Wildman–Crippen LogP) is 3.54. The molecular formula is C23H32N2O2. The van der Waals surface area contributed by atoms with Crippen molar-refractivity contribution >= 4 is 0 Å². The van der Waals surface area contributed by atoms with Crippen molar-refractivity contribution < 1.29 is 9.84 Å². The van der Waals surface area contributed by atoms with Gasteiger partial charge in [0.2, 0.25) is 0 Å². The van der Waals surface area contributed by atoms with E-state index in [1.807, 2.05) is 24.3 Å². The van der Waals surface area contributed by atoms with Gasteiger partial charge in [-0.2, -0.15) is 0 Å². The Labute approximate surface area is 163 Å². The quantitative estimate of drug-likeness (QED) is 0.734. The van der Waals surface area contributed by atoms with Gasteiger partial charge in [0.05, 0.1) is 0 Å². The summed E-state index contributed by atoms with van der Waals surface area (Å²) in [7, 11) is 2.12. The fourth-order valence-electron chi connectivity index (χ4n) is 3.70. The number of aliphatic hydroxyl groups is 1. The van der Waals surface area contributed by atoms with E-state index in [-0.39, 0.29) is 0 Å². The van der Waals surface area contributed by atoms with Crippen LogP contribution >= 0.6 is 0 Å². The number of likely N-dealkylation sites (tertiary alicyclic amines) is 1. The highest BCUT2D eigenvalue weighted by Crippen LogP contribution is 2.21. The van der Waals surface area contributed by atoms with E-state index in [4.69, 9.17) is 4.74 Å². The second kappa shape index (κ2) is 10.5. The van der Waals surface area contributed by atoms with Crippen LogP contribution in [0.3, 0.4) is 0 Å². The molecule has 146 valence electrons. The van der Waals surface area contributed by atoms with Crippen LogP contribution in [-0.4, -0.2) is 54.3 Å². The smallest absolute Gasteiger partial charge is 0.123 e. The number of nitrogens with zero attached hydrogens (tertiary/aromatic N) is 2. The lowest BCUT2D eigenvalue weighted by molar-refractivity contribution is 0.0612. The maximum atomic E-state index is 10.4. The Morgan fingerprint density at radius 3 is 2.44 bits per heavy atom. The third kappa shape index (κ3) is 6.65. The van der Waals surface area contributed by atoms with Crippen molar-refractivity contribution in [3.63, 3.8) is 0 Å². The number of rotatable bonds is 9. The van der Waals surface area contributed by atoms with E-state index in [2.05, 4.69) is 47.2 Å². The summed E-state index contributed by atoms with van der Waals surface area (Å²) in [5.41, 5.74) is 2.46. The summed E-state index contributed by atoms with van der Waals surface area (Å²) in [5.74, 6) is 0.870. The summed E-state index contributed by atoms with van der Waals surface area (Å²) < 4.78 is 5.99. The summed E-state index contributed by atoms with van der Waals surface area (Å²) >= 11 is 0. The molecule has 1 aliphatic rings. The molecule has 0 amide bonds. The van der Waals surface area contributed by atoms with Crippen molar-refractivity contribution in [1.82, 2.24) is 9.80 Å². The summed E-state index contributed by atoms with van der Waals surface area (Å²) in [6.45, 7) is 4.95. The molecule has 2 aromatic rings. The average Bonchev–Trinajstić information content (AvgIpc) is 2.69. The Kier molecular flexibility index (Phi) is 7.69. The molecule has 0 bridgehead atoms. The summed E-state index contributed by atoms with van der Waals surface area (Å²) in [6.07, 6.45) is 3.35. The number of hydrogen-bond donors (Lipinski definition) is 1. The van der Waals surface area contributed by atoms with Gasteiger partial charge in [-0.05, 0) is 44.6 Å². The highest BCUT2D eigenvalue weighted by atomic mass is 16.5. The molecule has 1 saturated heterocycles. The van der Waals surface area contributed by atoms with Gasteiger partial charge in [-0.3, -0.25) is 4.90 Å². The Balaban J connectivity index is 1.50. The van der Waals surface area contributed by atoms with Crippen molar-refractivity contribution in [3.05, 3.63) is 65.7 Å². The first kappa shape index (κ1) is 19.9. The van der Waals surface area contributed by atoms with Crippen molar-refractivity contribution in [2.45, 2.75) is 38.5 Å². The summed E-state index contributed by atoms with van der Waals surface area (Å²) in [4.78, 5) is 4.62. The maximum Gasteiger partial charge on any atom is 0.123 e. The van der Waals surface area contributed by atoms with Crippen LogP contribution in [0.4, 0.5) is 0 Å². The highest BCUT2D eigenvalue weighted by Gasteiger charge is 2.16. The first-order valence-corrected chi connectivity index (χ1v) is 10.0. The first-order chi connectivity index (χ1) is 13.2. The third-order valence-corrected chi connectivity index (χ3v) is 5.06. The zero-order valence-corrected chi connectivity index (χ0v) is 16.4. The topological polar surface area (TPSA) is 35.9 Å². The van der Waals surface area contributed by atoms with Crippen molar-refractivity contribution in [2.24, 2.45) is 0 Å². The molecule has 0 aliphatic carbocycles. The number of hydrogen-bond acceptors (Lipinski definition) is 4. The molecular weight excluding hydrogens is 336 g/mol. The van der Waals surface area contributed by atoms with Gasteiger partial charge in [-0.25, -0.2) is 0 Å². The van der Waals surface area contributed by atoms with E-state index in [9.17, 15) is 5.11 Å². The van der Waals surface area contributed by atoms with Crippen LogP contribution in [0.1, 0.15) is 30.4 Å². The van der Waals surface area contributed by atoms with E-state index in [1.54, 1.807) is 0 Å². The van der Waals surface area contributed by atoms with Gasteiger partial charge in [0.15, 0.2) is 0 Å². The fraction of sp³-hybridized carbons (Fsp3) is 0.478. The van der Waals surface area contributed by atoms with Gasteiger partial charge in [0.1, 0.15) is 18.5 Å². The minimum Gasteiger partial charge on any atom is -0.491 e. The van der Waals surface area contributed by atoms with Crippen LogP contribution in [0, 0.1) is 0 Å². The van der Waals surface area contributed by atoms with Crippen LogP contribution in [0.2, 0.25) is 0 Å². The monoisotopic (exact) mass is 368 g/mol. The van der Waals surface area contributed by atoms with Crippen molar-refractivity contribution in [3.8, 4) is 5.75 Å². The molecule has 0 spiro atoms.